The molecular weight excluding hydrogens is 250 g/mol. The van der Waals surface area contributed by atoms with E-state index in [9.17, 15) is 4.79 Å². The Balaban J connectivity index is 1.99. The van der Waals surface area contributed by atoms with Crippen LogP contribution in [0.5, 0.6) is 0 Å². The van der Waals surface area contributed by atoms with E-state index in [2.05, 4.69) is 36.3 Å². The Kier molecular flexibility index (Phi) is 5.44. The number of nitrogens with zero attached hydrogens (tertiary/aromatic N) is 1. The van der Waals surface area contributed by atoms with Gasteiger partial charge in [-0.15, -0.1) is 0 Å². The topological polar surface area (TPSA) is 44.4 Å². The molecule has 4 nitrogen and oxygen atoms in total. The molecule has 2 aliphatic rings. The van der Waals surface area contributed by atoms with Crippen LogP contribution in [0.3, 0.4) is 0 Å². The van der Waals surface area contributed by atoms with E-state index in [0.717, 1.165) is 32.5 Å². The summed E-state index contributed by atoms with van der Waals surface area (Å²) in [6.45, 7) is 9.55. The van der Waals surface area contributed by atoms with Crippen molar-refractivity contribution in [3.8, 4) is 0 Å². The Hall–Kier alpha value is -0.610. The summed E-state index contributed by atoms with van der Waals surface area (Å²) in [5.74, 6) is 0.255. The van der Waals surface area contributed by atoms with E-state index in [-0.39, 0.29) is 17.5 Å². The second kappa shape index (κ2) is 6.90. The standard InChI is InChI=1S/C16H31N3O/c1-16(2,3)18-12-13-8-5-7-11-19(13)14-9-4-6-10-17-15(14)20/h13-14,18H,4-12H2,1-3H3,(H,17,20). The molecule has 0 radical (unpaired) electrons. The molecule has 2 N–H and O–H groups in total. The minimum atomic E-state index is 0.101. The zero-order chi connectivity index (χ0) is 14.6. The van der Waals surface area contributed by atoms with Crippen LogP contribution in [0.15, 0.2) is 0 Å². The molecule has 2 unspecified atom stereocenters. The molecule has 2 rings (SSSR count). The van der Waals surface area contributed by atoms with Crippen LogP contribution in [0.2, 0.25) is 0 Å². The third kappa shape index (κ3) is 4.45. The minimum absolute atomic E-state index is 0.101. The fraction of sp³-hybridized carbons (Fsp3) is 0.938. The lowest BCUT2D eigenvalue weighted by molar-refractivity contribution is -0.127. The summed E-state index contributed by atoms with van der Waals surface area (Å²) in [6.07, 6.45) is 7.06. The van der Waals surface area contributed by atoms with E-state index in [1.165, 1.54) is 25.7 Å². The fourth-order valence-corrected chi connectivity index (χ4v) is 3.32. The van der Waals surface area contributed by atoms with Gasteiger partial charge in [0.2, 0.25) is 5.91 Å². The average Bonchev–Trinajstić information content (AvgIpc) is 2.61. The van der Waals surface area contributed by atoms with Crippen LogP contribution in [0.1, 0.15) is 59.3 Å². The summed E-state index contributed by atoms with van der Waals surface area (Å²) in [7, 11) is 0. The van der Waals surface area contributed by atoms with Crippen molar-refractivity contribution in [1.82, 2.24) is 15.5 Å². The van der Waals surface area contributed by atoms with Gasteiger partial charge in [-0.25, -0.2) is 0 Å². The van der Waals surface area contributed by atoms with Gasteiger partial charge in [0.25, 0.3) is 0 Å². The SMILES string of the molecule is CC(C)(C)NCC1CCCCN1C1CCCCNC1=O. The molecule has 0 spiro atoms. The van der Waals surface area contributed by atoms with Crippen LogP contribution in [0.25, 0.3) is 0 Å². The summed E-state index contributed by atoms with van der Waals surface area (Å²) in [5.41, 5.74) is 0.148. The summed E-state index contributed by atoms with van der Waals surface area (Å²) < 4.78 is 0. The zero-order valence-corrected chi connectivity index (χ0v) is 13.4. The van der Waals surface area contributed by atoms with Gasteiger partial charge in [0.15, 0.2) is 0 Å². The molecule has 2 fully saturated rings. The number of hydrogen-bond acceptors (Lipinski definition) is 3. The van der Waals surface area contributed by atoms with Gasteiger partial charge >= 0.3 is 0 Å². The smallest absolute Gasteiger partial charge is 0.237 e. The first-order valence-electron chi connectivity index (χ1n) is 8.26. The van der Waals surface area contributed by atoms with Crippen molar-refractivity contribution in [1.29, 1.82) is 0 Å². The Bertz CT molecular complexity index is 324. The van der Waals surface area contributed by atoms with Crippen molar-refractivity contribution in [2.75, 3.05) is 19.6 Å². The number of nitrogens with one attached hydrogen (secondary N) is 2. The van der Waals surface area contributed by atoms with Crippen LogP contribution in [0.4, 0.5) is 0 Å². The van der Waals surface area contributed by atoms with Crippen LogP contribution in [-0.2, 0) is 4.79 Å². The molecule has 2 heterocycles. The summed E-state index contributed by atoms with van der Waals surface area (Å²) in [6, 6.07) is 0.612. The van der Waals surface area contributed by atoms with E-state index >= 15 is 0 Å². The highest BCUT2D eigenvalue weighted by Crippen LogP contribution is 2.23. The highest BCUT2D eigenvalue weighted by atomic mass is 16.2. The maximum Gasteiger partial charge on any atom is 0.237 e. The van der Waals surface area contributed by atoms with E-state index in [0.29, 0.717) is 6.04 Å². The summed E-state index contributed by atoms with van der Waals surface area (Å²) in [4.78, 5) is 14.8. The Morgan fingerprint density at radius 1 is 1.20 bits per heavy atom. The highest BCUT2D eigenvalue weighted by molar-refractivity contribution is 5.82. The molecule has 0 aromatic carbocycles. The number of likely N-dealkylation sites (tertiary alicyclic amines) is 1. The van der Waals surface area contributed by atoms with Gasteiger partial charge in [-0.05, 0) is 59.4 Å². The molecular formula is C16H31N3O. The largest absolute Gasteiger partial charge is 0.355 e. The van der Waals surface area contributed by atoms with Crippen molar-refractivity contribution < 1.29 is 4.79 Å². The highest BCUT2D eigenvalue weighted by Gasteiger charge is 2.33. The lowest BCUT2D eigenvalue weighted by atomic mass is 9.96. The number of hydrogen-bond donors (Lipinski definition) is 2. The Morgan fingerprint density at radius 3 is 2.70 bits per heavy atom. The molecule has 0 aromatic heterocycles. The number of carbonyl (C=O) groups is 1. The second-order valence-electron chi connectivity index (χ2n) is 7.32. The molecule has 116 valence electrons. The summed E-state index contributed by atoms with van der Waals surface area (Å²) in [5, 5.41) is 6.70. The summed E-state index contributed by atoms with van der Waals surface area (Å²) >= 11 is 0. The lowest BCUT2D eigenvalue weighted by Gasteiger charge is -2.41. The molecule has 0 aromatic rings. The van der Waals surface area contributed by atoms with Crippen LogP contribution in [0, 0.1) is 0 Å². The number of amides is 1. The van der Waals surface area contributed by atoms with Crippen molar-refractivity contribution in [2.45, 2.75) is 76.9 Å². The van der Waals surface area contributed by atoms with E-state index < -0.39 is 0 Å². The first-order valence-corrected chi connectivity index (χ1v) is 8.26. The molecule has 0 bridgehead atoms. The predicted molar refractivity (Wildman–Crippen MR) is 82.7 cm³/mol. The lowest BCUT2D eigenvalue weighted by Crippen LogP contribution is -2.56. The number of carbonyl (C=O) groups excluding carboxylic acids is 1. The number of piperidine rings is 1. The van der Waals surface area contributed by atoms with E-state index in [1.807, 2.05) is 0 Å². The Morgan fingerprint density at radius 2 is 1.95 bits per heavy atom. The molecule has 2 saturated heterocycles. The minimum Gasteiger partial charge on any atom is -0.355 e. The van der Waals surface area contributed by atoms with Crippen LogP contribution < -0.4 is 10.6 Å². The van der Waals surface area contributed by atoms with Crippen LogP contribution >= 0.6 is 0 Å². The maximum atomic E-state index is 12.3. The molecule has 4 heteroatoms. The monoisotopic (exact) mass is 281 g/mol. The molecule has 1 amide bonds. The van der Waals surface area contributed by atoms with Gasteiger partial charge in [0.05, 0.1) is 6.04 Å². The van der Waals surface area contributed by atoms with Gasteiger partial charge < -0.3 is 10.6 Å². The molecule has 20 heavy (non-hydrogen) atoms. The van der Waals surface area contributed by atoms with Gasteiger partial charge in [-0.2, -0.15) is 0 Å². The van der Waals surface area contributed by atoms with Crippen molar-refractivity contribution in [3.05, 3.63) is 0 Å². The maximum absolute atomic E-state index is 12.3. The van der Waals surface area contributed by atoms with Crippen molar-refractivity contribution in [3.63, 3.8) is 0 Å². The molecule has 2 atom stereocenters. The molecule has 0 aliphatic carbocycles. The first kappa shape index (κ1) is 15.8. The Labute approximate surface area is 123 Å². The van der Waals surface area contributed by atoms with E-state index in [4.69, 9.17) is 0 Å². The third-order valence-electron chi connectivity index (χ3n) is 4.45. The van der Waals surface area contributed by atoms with Crippen molar-refractivity contribution >= 4 is 5.91 Å². The van der Waals surface area contributed by atoms with E-state index in [1.54, 1.807) is 0 Å². The molecule has 0 saturated carbocycles. The fourth-order valence-electron chi connectivity index (χ4n) is 3.32. The molecule has 2 aliphatic heterocycles. The normalized spacial score (nSPS) is 29.9. The quantitative estimate of drug-likeness (QED) is 0.830. The third-order valence-corrected chi connectivity index (χ3v) is 4.45. The average molecular weight is 281 g/mol. The number of rotatable bonds is 3. The van der Waals surface area contributed by atoms with Gasteiger partial charge in [0, 0.05) is 24.7 Å². The van der Waals surface area contributed by atoms with Gasteiger partial charge in [-0.3, -0.25) is 9.69 Å². The van der Waals surface area contributed by atoms with Gasteiger partial charge in [0.1, 0.15) is 0 Å². The predicted octanol–water partition coefficient (Wildman–Crippen LogP) is 1.90. The van der Waals surface area contributed by atoms with Crippen LogP contribution in [-0.4, -0.2) is 48.1 Å². The second-order valence-corrected chi connectivity index (χ2v) is 7.32. The first-order chi connectivity index (χ1) is 9.47. The zero-order valence-electron chi connectivity index (χ0n) is 13.4. The van der Waals surface area contributed by atoms with Crippen molar-refractivity contribution in [2.24, 2.45) is 0 Å². The van der Waals surface area contributed by atoms with Gasteiger partial charge in [-0.1, -0.05) is 6.42 Å².